The van der Waals surface area contributed by atoms with Gasteiger partial charge < -0.3 is 10.0 Å². The summed E-state index contributed by atoms with van der Waals surface area (Å²) < 4.78 is 0. The number of carbonyl (C=O) groups is 1. The molecular formula is C16H24N2O2. The maximum atomic E-state index is 11.0. The van der Waals surface area contributed by atoms with Crippen molar-refractivity contribution >= 4 is 11.7 Å². The first-order valence-corrected chi connectivity index (χ1v) is 7.36. The van der Waals surface area contributed by atoms with Crippen LogP contribution >= 0.6 is 0 Å². The molecule has 1 saturated heterocycles. The predicted molar refractivity (Wildman–Crippen MR) is 81.7 cm³/mol. The van der Waals surface area contributed by atoms with Gasteiger partial charge in [0.2, 0.25) is 0 Å². The highest BCUT2D eigenvalue weighted by atomic mass is 16.4. The van der Waals surface area contributed by atoms with E-state index < -0.39 is 5.97 Å². The molecule has 4 heteroatoms. The number of hydrogen-bond acceptors (Lipinski definition) is 3. The molecule has 0 aromatic heterocycles. The predicted octanol–water partition coefficient (Wildman–Crippen LogP) is 2.61. The van der Waals surface area contributed by atoms with Crippen LogP contribution in [-0.2, 0) is 0 Å². The van der Waals surface area contributed by atoms with Gasteiger partial charge in [0.1, 0.15) is 0 Å². The Labute approximate surface area is 121 Å². The van der Waals surface area contributed by atoms with Crippen LogP contribution < -0.4 is 4.90 Å². The van der Waals surface area contributed by atoms with Crippen molar-refractivity contribution < 1.29 is 9.90 Å². The highest BCUT2D eigenvalue weighted by Crippen LogP contribution is 2.21. The molecule has 0 saturated carbocycles. The number of hydrogen-bond donors (Lipinski definition) is 1. The van der Waals surface area contributed by atoms with E-state index in [-0.39, 0.29) is 0 Å². The lowest BCUT2D eigenvalue weighted by Gasteiger charge is -2.39. The number of piperazine rings is 1. The van der Waals surface area contributed by atoms with E-state index in [1.54, 1.807) is 6.07 Å². The molecule has 0 bridgehead atoms. The maximum Gasteiger partial charge on any atom is 0.335 e. The van der Waals surface area contributed by atoms with Gasteiger partial charge in [-0.1, -0.05) is 6.92 Å². The van der Waals surface area contributed by atoms with Gasteiger partial charge >= 0.3 is 5.97 Å². The zero-order valence-corrected chi connectivity index (χ0v) is 12.6. The van der Waals surface area contributed by atoms with Crippen molar-refractivity contribution in [2.45, 2.75) is 33.2 Å². The summed E-state index contributed by atoms with van der Waals surface area (Å²) in [5.74, 6) is -0.851. The Bertz CT molecular complexity index is 479. The molecule has 1 fully saturated rings. The fourth-order valence-electron chi connectivity index (χ4n) is 2.76. The molecular weight excluding hydrogens is 252 g/mol. The third-order valence-electron chi connectivity index (χ3n) is 4.33. The molecule has 1 N–H and O–H groups in total. The topological polar surface area (TPSA) is 43.8 Å². The lowest BCUT2D eigenvalue weighted by atomic mass is 10.1. The number of nitrogens with zero attached hydrogens (tertiary/aromatic N) is 2. The summed E-state index contributed by atoms with van der Waals surface area (Å²) in [5.41, 5.74) is 2.36. The molecule has 4 nitrogen and oxygen atoms in total. The summed E-state index contributed by atoms with van der Waals surface area (Å²) in [6.07, 6.45) is 1.19. The van der Waals surface area contributed by atoms with E-state index >= 15 is 0 Å². The van der Waals surface area contributed by atoms with Gasteiger partial charge in [0.25, 0.3) is 0 Å². The summed E-state index contributed by atoms with van der Waals surface area (Å²) in [7, 11) is 0. The van der Waals surface area contributed by atoms with Crippen molar-refractivity contribution in [2.24, 2.45) is 0 Å². The molecule has 0 spiro atoms. The summed E-state index contributed by atoms with van der Waals surface area (Å²) in [5, 5.41) is 9.07. The molecule has 20 heavy (non-hydrogen) atoms. The minimum absolute atomic E-state index is 0.395. The third-order valence-corrected chi connectivity index (χ3v) is 4.33. The zero-order valence-electron chi connectivity index (χ0n) is 12.6. The molecule has 2 rings (SSSR count). The Morgan fingerprint density at radius 2 is 1.95 bits per heavy atom. The average Bonchev–Trinajstić information content (AvgIpc) is 2.46. The second-order valence-electron chi connectivity index (χ2n) is 5.58. The smallest absolute Gasteiger partial charge is 0.335 e. The van der Waals surface area contributed by atoms with Crippen LogP contribution in [0.1, 0.15) is 36.2 Å². The minimum Gasteiger partial charge on any atom is -0.478 e. The van der Waals surface area contributed by atoms with Crippen molar-refractivity contribution in [3.05, 3.63) is 29.3 Å². The molecule has 1 aliphatic heterocycles. The fourth-order valence-corrected chi connectivity index (χ4v) is 2.76. The molecule has 0 amide bonds. The molecule has 0 aliphatic carbocycles. The number of carboxylic acids is 1. The van der Waals surface area contributed by atoms with Crippen LogP contribution in [0, 0.1) is 6.92 Å². The highest BCUT2D eigenvalue weighted by Gasteiger charge is 2.20. The monoisotopic (exact) mass is 276 g/mol. The number of aromatic carboxylic acids is 1. The van der Waals surface area contributed by atoms with Crippen LogP contribution in [0.15, 0.2) is 18.2 Å². The van der Waals surface area contributed by atoms with E-state index in [1.165, 1.54) is 6.42 Å². The van der Waals surface area contributed by atoms with E-state index in [0.717, 1.165) is 37.4 Å². The van der Waals surface area contributed by atoms with E-state index in [2.05, 4.69) is 23.6 Å². The quantitative estimate of drug-likeness (QED) is 0.918. The Morgan fingerprint density at radius 1 is 1.30 bits per heavy atom. The van der Waals surface area contributed by atoms with Crippen LogP contribution in [0.4, 0.5) is 5.69 Å². The van der Waals surface area contributed by atoms with Crippen LogP contribution in [0.5, 0.6) is 0 Å². The van der Waals surface area contributed by atoms with E-state index in [9.17, 15) is 4.79 Å². The molecule has 1 aromatic carbocycles. The molecule has 1 aromatic rings. The van der Waals surface area contributed by atoms with E-state index in [4.69, 9.17) is 5.11 Å². The van der Waals surface area contributed by atoms with Gasteiger partial charge in [-0.15, -0.1) is 0 Å². The number of carboxylic acid groups (broad SMARTS) is 1. The average molecular weight is 276 g/mol. The van der Waals surface area contributed by atoms with Gasteiger partial charge in [-0.05, 0) is 44.0 Å². The van der Waals surface area contributed by atoms with Crippen molar-refractivity contribution in [3.63, 3.8) is 0 Å². The summed E-state index contributed by atoms with van der Waals surface area (Å²) in [4.78, 5) is 15.9. The van der Waals surface area contributed by atoms with Crippen molar-refractivity contribution in [2.75, 3.05) is 31.1 Å². The van der Waals surface area contributed by atoms with E-state index in [0.29, 0.717) is 11.6 Å². The Hall–Kier alpha value is -1.55. The lowest BCUT2D eigenvalue weighted by molar-refractivity contribution is 0.0696. The molecule has 1 aliphatic rings. The lowest BCUT2D eigenvalue weighted by Crippen LogP contribution is -2.49. The molecule has 1 heterocycles. The molecule has 1 atom stereocenters. The SMILES string of the molecule is CCC(C)N1CCN(c2ccc(C(=O)O)c(C)c2)CC1. The molecule has 0 radical (unpaired) electrons. The van der Waals surface area contributed by atoms with Crippen LogP contribution in [0.3, 0.4) is 0 Å². The van der Waals surface area contributed by atoms with Gasteiger partial charge in [0.05, 0.1) is 5.56 Å². The Balaban J connectivity index is 2.04. The van der Waals surface area contributed by atoms with Gasteiger partial charge in [0.15, 0.2) is 0 Å². The maximum absolute atomic E-state index is 11.0. The largest absolute Gasteiger partial charge is 0.478 e. The second-order valence-corrected chi connectivity index (χ2v) is 5.58. The van der Waals surface area contributed by atoms with Crippen molar-refractivity contribution in [3.8, 4) is 0 Å². The first-order valence-electron chi connectivity index (χ1n) is 7.36. The summed E-state index contributed by atoms with van der Waals surface area (Å²) >= 11 is 0. The van der Waals surface area contributed by atoms with Crippen molar-refractivity contribution in [1.82, 2.24) is 4.90 Å². The third kappa shape index (κ3) is 3.12. The number of anilines is 1. The molecule has 1 unspecified atom stereocenters. The van der Waals surface area contributed by atoms with Crippen molar-refractivity contribution in [1.29, 1.82) is 0 Å². The van der Waals surface area contributed by atoms with Crippen LogP contribution in [0.2, 0.25) is 0 Å². The van der Waals surface area contributed by atoms with Gasteiger partial charge in [-0.25, -0.2) is 4.79 Å². The Morgan fingerprint density at radius 3 is 2.45 bits per heavy atom. The van der Waals surface area contributed by atoms with Gasteiger partial charge in [-0.3, -0.25) is 4.90 Å². The highest BCUT2D eigenvalue weighted by molar-refractivity contribution is 5.89. The number of aryl methyl sites for hydroxylation is 1. The number of benzene rings is 1. The fraction of sp³-hybridized carbons (Fsp3) is 0.562. The van der Waals surface area contributed by atoms with E-state index in [1.807, 2.05) is 19.1 Å². The normalized spacial score (nSPS) is 18.1. The standard InChI is InChI=1S/C16H24N2O2/c1-4-13(3)17-7-9-18(10-8-17)14-5-6-15(16(19)20)12(2)11-14/h5-6,11,13H,4,7-10H2,1-3H3,(H,19,20). The van der Waals surface area contributed by atoms with Gasteiger partial charge in [0, 0.05) is 37.9 Å². The van der Waals surface area contributed by atoms with Gasteiger partial charge in [-0.2, -0.15) is 0 Å². The zero-order chi connectivity index (χ0) is 14.7. The second kappa shape index (κ2) is 6.27. The summed E-state index contributed by atoms with van der Waals surface area (Å²) in [6.45, 7) is 10.5. The van der Waals surface area contributed by atoms with Crippen LogP contribution in [-0.4, -0.2) is 48.2 Å². The molecule has 110 valence electrons. The first kappa shape index (κ1) is 14.9. The Kier molecular flexibility index (Phi) is 4.65. The number of rotatable bonds is 4. The first-order chi connectivity index (χ1) is 9.52. The van der Waals surface area contributed by atoms with Crippen LogP contribution in [0.25, 0.3) is 0 Å². The minimum atomic E-state index is -0.851. The summed E-state index contributed by atoms with van der Waals surface area (Å²) in [6, 6.07) is 6.28.